The van der Waals surface area contributed by atoms with E-state index < -0.39 is 0 Å². The molecule has 0 saturated heterocycles. The van der Waals surface area contributed by atoms with Crippen molar-refractivity contribution >= 4 is 10.9 Å². The fourth-order valence-corrected chi connectivity index (χ4v) is 2.45. The minimum absolute atomic E-state index is 0.697. The average Bonchev–Trinajstić information content (AvgIpc) is 3.21. The fourth-order valence-electron chi connectivity index (χ4n) is 2.45. The number of pyridine rings is 1. The second-order valence-corrected chi connectivity index (χ2v) is 5.30. The molecule has 0 spiro atoms. The van der Waals surface area contributed by atoms with E-state index >= 15 is 0 Å². The van der Waals surface area contributed by atoms with Crippen molar-refractivity contribution in [3.8, 4) is 11.3 Å². The van der Waals surface area contributed by atoms with Gasteiger partial charge in [-0.25, -0.2) is 0 Å². The Kier molecular flexibility index (Phi) is 2.78. The van der Waals surface area contributed by atoms with E-state index in [0.717, 1.165) is 34.5 Å². The summed E-state index contributed by atoms with van der Waals surface area (Å²) in [6, 6.07) is 15.0. The van der Waals surface area contributed by atoms with Crippen molar-refractivity contribution in [2.24, 2.45) is 0 Å². The summed E-state index contributed by atoms with van der Waals surface area (Å²) in [6.45, 7) is 0.808. The number of para-hydroxylation sites is 1. The standard InChI is InChI=1S/C17H16N2O/c1-3-12-4-2-10-18-17(12)15(5-1)16-9-8-14(20-16)11-19-13-6-7-13/h1-5,8-10,13,19H,6-7,11H2. The highest BCUT2D eigenvalue weighted by molar-refractivity contribution is 5.92. The Bertz CT molecular complexity index is 738. The van der Waals surface area contributed by atoms with Crippen LogP contribution in [0.25, 0.3) is 22.2 Å². The van der Waals surface area contributed by atoms with Gasteiger partial charge >= 0.3 is 0 Å². The van der Waals surface area contributed by atoms with Crippen LogP contribution in [0.3, 0.4) is 0 Å². The Labute approximate surface area is 117 Å². The van der Waals surface area contributed by atoms with Crippen molar-refractivity contribution < 1.29 is 4.42 Å². The van der Waals surface area contributed by atoms with E-state index in [-0.39, 0.29) is 0 Å². The predicted octanol–water partition coefficient (Wildman–Crippen LogP) is 3.75. The number of rotatable bonds is 4. The number of fused-ring (bicyclic) bond motifs is 1. The minimum atomic E-state index is 0.697. The number of furan rings is 1. The highest BCUT2D eigenvalue weighted by Crippen LogP contribution is 2.29. The van der Waals surface area contributed by atoms with Gasteiger partial charge in [-0.05, 0) is 37.1 Å². The topological polar surface area (TPSA) is 38.1 Å². The summed E-state index contributed by atoms with van der Waals surface area (Å²) in [7, 11) is 0. The summed E-state index contributed by atoms with van der Waals surface area (Å²) in [4.78, 5) is 4.48. The van der Waals surface area contributed by atoms with E-state index in [0.29, 0.717) is 6.04 Å². The van der Waals surface area contributed by atoms with Gasteiger partial charge in [0.2, 0.25) is 0 Å². The molecule has 0 unspecified atom stereocenters. The number of hydrogen-bond donors (Lipinski definition) is 1. The van der Waals surface area contributed by atoms with Crippen LogP contribution >= 0.6 is 0 Å². The molecule has 1 fully saturated rings. The Morgan fingerprint density at radius 3 is 2.90 bits per heavy atom. The maximum atomic E-state index is 5.95. The maximum Gasteiger partial charge on any atom is 0.136 e. The smallest absolute Gasteiger partial charge is 0.136 e. The Hall–Kier alpha value is -2.13. The third-order valence-corrected chi connectivity index (χ3v) is 3.70. The summed E-state index contributed by atoms with van der Waals surface area (Å²) < 4.78 is 5.95. The second kappa shape index (κ2) is 4.76. The van der Waals surface area contributed by atoms with Crippen LogP contribution in [0.4, 0.5) is 0 Å². The lowest BCUT2D eigenvalue weighted by Crippen LogP contribution is -2.14. The largest absolute Gasteiger partial charge is 0.460 e. The number of nitrogens with zero attached hydrogens (tertiary/aromatic N) is 1. The first-order chi connectivity index (χ1) is 9.90. The maximum absolute atomic E-state index is 5.95. The molecule has 3 aromatic rings. The molecule has 3 nitrogen and oxygen atoms in total. The van der Waals surface area contributed by atoms with Crippen molar-refractivity contribution in [3.63, 3.8) is 0 Å². The third kappa shape index (κ3) is 2.21. The van der Waals surface area contributed by atoms with Crippen molar-refractivity contribution in [1.82, 2.24) is 10.3 Å². The van der Waals surface area contributed by atoms with E-state index in [9.17, 15) is 0 Å². The Balaban J connectivity index is 1.67. The summed E-state index contributed by atoms with van der Waals surface area (Å²) in [6.07, 6.45) is 4.41. The van der Waals surface area contributed by atoms with E-state index in [1.54, 1.807) is 0 Å². The van der Waals surface area contributed by atoms with E-state index in [1.165, 1.54) is 12.8 Å². The van der Waals surface area contributed by atoms with Gasteiger partial charge in [0.15, 0.2) is 0 Å². The molecule has 20 heavy (non-hydrogen) atoms. The van der Waals surface area contributed by atoms with Gasteiger partial charge in [0.1, 0.15) is 11.5 Å². The lowest BCUT2D eigenvalue weighted by Gasteiger charge is -2.03. The predicted molar refractivity (Wildman–Crippen MR) is 79.3 cm³/mol. The van der Waals surface area contributed by atoms with Gasteiger partial charge in [0.05, 0.1) is 12.1 Å². The lowest BCUT2D eigenvalue weighted by atomic mass is 10.1. The van der Waals surface area contributed by atoms with Crippen LogP contribution in [0.1, 0.15) is 18.6 Å². The van der Waals surface area contributed by atoms with Crippen molar-refractivity contribution in [2.45, 2.75) is 25.4 Å². The highest BCUT2D eigenvalue weighted by atomic mass is 16.3. The van der Waals surface area contributed by atoms with Crippen LogP contribution in [-0.2, 0) is 6.54 Å². The van der Waals surface area contributed by atoms with Gasteiger partial charge < -0.3 is 9.73 Å². The van der Waals surface area contributed by atoms with Crippen LogP contribution in [0, 0.1) is 0 Å². The molecule has 1 N–H and O–H groups in total. The first-order valence-electron chi connectivity index (χ1n) is 7.06. The van der Waals surface area contributed by atoms with Gasteiger partial charge in [0, 0.05) is 23.2 Å². The molecule has 2 heterocycles. The van der Waals surface area contributed by atoms with Crippen molar-refractivity contribution in [1.29, 1.82) is 0 Å². The molecular weight excluding hydrogens is 248 g/mol. The van der Waals surface area contributed by atoms with Crippen LogP contribution in [0.15, 0.2) is 53.1 Å². The zero-order chi connectivity index (χ0) is 13.4. The average molecular weight is 264 g/mol. The molecule has 1 aliphatic carbocycles. The Morgan fingerprint density at radius 2 is 2.00 bits per heavy atom. The summed E-state index contributed by atoms with van der Waals surface area (Å²) >= 11 is 0. The molecular formula is C17H16N2O. The molecule has 0 aliphatic heterocycles. The quantitative estimate of drug-likeness (QED) is 0.780. The molecule has 0 atom stereocenters. The molecule has 100 valence electrons. The minimum Gasteiger partial charge on any atom is -0.460 e. The number of nitrogens with one attached hydrogen (secondary N) is 1. The normalized spacial score (nSPS) is 14.8. The van der Waals surface area contributed by atoms with Crippen LogP contribution < -0.4 is 5.32 Å². The van der Waals surface area contributed by atoms with Gasteiger partial charge in [-0.1, -0.05) is 18.2 Å². The van der Waals surface area contributed by atoms with Crippen molar-refractivity contribution in [3.05, 3.63) is 54.4 Å². The fraction of sp³-hybridized carbons (Fsp3) is 0.235. The molecule has 1 aliphatic rings. The van der Waals surface area contributed by atoms with E-state index in [4.69, 9.17) is 4.42 Å². The molecule has 0 amide bonds. The van der Waals surface area contributed by atoms with Gasteiger partial charge in [-0.15, -0.1) is 0 Å². The molecule has 1 saturated carbocycles. The summed E-state index contributed by atoms with van der Waals surface area (Å²) in [5, 5.41) is 4.60. The third-order valence-electron chi connectivity index (χ3n) is 3.70. The highest BCUT2D eigenvalue weighted by Gasteiger charge is 2.20. The molecule has 0 bridgehead atoms. The number of hydrogen-bond acceptors (Lipinski definition) is 3. The van der Waals surface area contributed by atoms with Crippen LogP contribution in [0.5, 0.6) is 0 Å². The molecule has 4 rings (SSSR count). The molecule has 1 aromatic carbocycles. The molecule has 2 aromatic heterocycles. The van der Waals surface area contributed by atoms with Gasteiger partial charge in [0.25, 0.3) is 0 Å². The SMILES string of the molecule is c1cnc2c(-c3ccc(CNC4CC4)o3)cccc2c1. The van der Waals surface area contributed by atoms with Gasteiger partial charge in [-0.3, -0.25) is 4.98 Å². The first-order valence-corrected chi connectivity index (χ1v) is 7.06. The van der Waals surface area contributed by atoms with Gasteiger partial charge in [-0.2, -0.15) is 0 Å². The van der Waals surface area contributed by atoms with E-state index in [2.05, 4.69) is 28.5 Å². The lowest BCUT2D eigenvalue weighted by molar-refractivity contribution is 0.493. The zero-order valence-electron chi connectivity index (χ0n) is 11.2. The monoisotopic (exact) mass is 264 g/mol. The Morgan fingerprint density at radius 1 is 1.10 bits per heavy atom. The number of aromatic nitrogens is 1. The number of benzene rings is 1. The van der Waals surface area contributed by atoms with Crippen LogP contribution in [-0.4, -0.2) is 11.0 Å². The van der Waals surface area contributed by atoms with E-state index in [1.807, 2.05) is 30.5 Å². The first kappa shape index (κ1) is 11.7. The van der Waals surface area contributed by atoms with Crippen molar-refractivity contribution in [2.75, 3.05) is 0 Å². The van der Waals surface area contributed by atoms with Crippen LogP contribution in [0.2, 0.25) is 0 Å². The molecule has 3 heteroatoms. The molecule has 0 radical (unpaired) electrons. The summed E-state index contributed by atoms with van der Waals surface area (Å²) in [5.41, 5.74) is 2.05. The second-order valence-electron chi connectivity index (χ2n) is 5.30. The zero-order valence-corrected chi connectivity index (χ0v) is 11.2. The summed E-state index contributed by atoms with van der Waals surface area (Å²) in [5.74, 6) is 1.88.